The summed E-state index contributed by atoms with van der Waals surface area (Å²) in [5.41, 5.74) is 0.673. The summed E-state index contributed by atoms with van der Waals surface area (Å²) in [6.07, 6.45) is 12.5. The fourth-order valence-electron chi connectivity index (χ4n) is 8.06. The van der Waals surface area contributed by atoms with Crippen LogP contribution in [0.15, 0.2) is 35.1 Å². The van der Waals surface area contributed by atoms with Crippen molar-refractivity contribution in [3.63, 3.8) is 0 Å². The van der Waals surface area contributed by atoms with E-state index < -0.39 is 17.7 Å². The first kappa shape index (κ1) is 37.5. The number of cyclic esters (lactones) is 1. The Morgan fingerprint density at radius 1 is 1.02 bits per heavy atom. The Hall–Kier alpha value is -1.000. The molecule has 0 bridgehead atoms. The standard InChI is InChI=1S/C35H54O8.Na/c1-19-9-8-10-25(30(19)23(5)32(38)31-28(37)18-41-35(31)39)16-26(17-36)34-21(3)12-14-27(42-34)13-11-20(2)33-22(4)15-29(43-33)24(6)40-7;/h11,13,16,19-25,27,29-30,33-34,36,38H,8-10,12,14-15,17-18H2,1-7H3;/q;+1/b13-11+,26-16+,32-31-;/t19-,20+,21-,22+,23+,24+,25-,27?,29-,30-,33+,34-;/m1./s1. The first-order chi connectivity index (χ1) is 20.5. The van der Waals surface area contributed by atoms with Gasteiger partial charge in [-0.2, -0.15) is 0 Å². The van der Waals surface area contributed by atoms with Gasteiger partial charge in [-0.15, -0.1) is 0 Å². The number of hydrogen-bond donors (Lipinski definition) is 2. The molecule has 1 unspecified atom stereocenters. The molecule has 0 aromatic rings. The van der Waals surface area contributed by atoms with Crippen LogP contribution in [-0.4, -0.2) is 72.8 Å². The van der Waals surface area contributed by atoms with E-state index in [0.29, 0.717) is 5.92 Å². The minimum absolute atomic E-state index is 0. The third-order valence-corrected chi connectivity index (χ3v) is 10.7. The number of carbonyl (C=O) groups excluding carboxylic acids is 2. The number of Topliss-reactive ketones (excluding diaryl/α,β-unsaturated/α-hetero) is 1. The fraction of sp³-hybridized carbons (Fsp3) is 0.771. The molecular formula is C35H54NaO8+. The largest absolute Gasteiger partial charge is 1.00 e. The van der Waals surface area contributed by atoms with E-state index in [4.69, 9.17) is 18.9 Å². The predicted octanol–water partition coefficient (Wildman–Crippen LogP) is 2.74. The zero-order valence-corrected chi connectivity index (χ0v) is 30.2. The third-order valence-electron chi connectivity index (χ3n) is 10.7. The van der Waals surface area contributed by atoms with Gasteiger partial charge < -0.3 is 29.2 Å². The van der Waals surface area contributed by atoms with Gasteiger partial charge in [-0.25, -0.2) is 4.79 Å². The van der Waals surface area contributed by atoms with Gasteiger partial charge in [0.2, 0.25) is 5.78 Å². The molecule has 1 saturated carbocycles. The van der Waals surface area contributed by atoms with Gasteiger partial charge >= 0.3 is 35.5 Å². The van der Waals surface area contributed by atoms with Crippen LogP contribution in [0.5, 0.6) is 0 Å². The Bertz CT molecular complexity index is 1070. The fourth-order valence-corrected chi connectivity index (χ4v) is 8.06. The predicted molar refractivity (Wildman–Crippen MR) is 164 cm³/mol. The molecule has 3 saturated heterocycles. The van der Waals surface area contributed by atoms with Crippen LogP contribution in [0.3, 0.4) is 0 Å². The Morgan fingerprint density at radius 3 is 2.39 bits per heavy atom. The van der Waals surface area contributed by atoms with E-state index in [9.17, 15) is 19.8 Å². The molecule has 4 rings (SSSR count). The van der Waals surface area contributed by atoms with Gasteiger partial charge in [0.1, 0.15) is 11.3 Å². The molecule has 0 radical (unpaired) electrons. The Morgan fingerprint density at radius 2 is 1.75 bits per heavy atom. The van der Waals surface area contributed by atoms with Crippen molar-refractivity contribution in [2.24, 2.45) is 41.4 Å². The van der Waals surface area contributed by atoms with Crippen LogP contribution >= 0.6 is 0 Å². The van der Waals surface area contributed by atoms with Crippen LogP contribution in [0.4, 0.5) is 0 Å². The second-order valence-electron chi connectivity index (χ2n) is 13.8. The maximum absolute atomic E-state index is 12.3. The Balaban J connectivity index is 0.00000529. The topological polar surface area (TPSA) is 112 Å². The summed E-state index contributed by atoms with van der Waals surface area (Å²) in [7, 11) is 1.73. The van der Waals surface area contributed by atoms with Crippen LogP contribution in [-0.2, 0) is 28.5 Å². The van der Waals surface area contributed by atoms with Crippen molar-refractivity contribution < 1.29 is 68.3 Å². The summed E-state index contributed by atoms with van der Waals surface area (Å²) < 4.78 is 23.4. The van der Waals surface area contributed by atoms with E-state index in [1.165, 1.54) is 0 Å². The number of aliphatic hydroxyl groups excluding tert-OH is 2. The van der Waals surface area contributed by atoms with E-state index in [1.807, 2.05) is 6.92 Å². The number of aliphatic hydroxyl groups is 2. The number of hydrogen-bond acceptors (Lipinski definition) is 8. The molecule has 2 N–H and O–H groups in total. The second kappa shape index (κ2) is 16.7. The van der Waals surface area contributed by atoms with Gasteiger partial charge in [0.05, 0.1) is 37.1 Å². The Labute approximate surface area is 286 Å². The zero-order valence-electron chi connectivity index (χ0n) is 28.2. The van der Waals surface area contributed by atoms with Crippen molar-refractivity contribution in [3.8, 4) is 0 Å². The summed E-state index contributed by atoms with van der Waals surface area (Å²) in [6, 6.07) is 0. The number of ether oxygens (including phenoxy) is 4. The molecule has 4 aliphatic rings. The quantitative estimate of drug-likeness (QED) is 0.0953. The molecule has 8 nitrogen and oxygen atoms in total. The smallest absolute Gasteiger partial charge is 0.511 e. The van der Waals surface area contributed by atoms with Crippen molar-refractivity contribution >= 4 is 11.8 Å². The van der Waals surface area contributed by atoms with Crippen molar-refractivity contribution in [2.45, 2.75) is 111 Å². The Kier molecular flexibility index (Phi) is 14.2. The molecule has 0 aromatic carbocycles. The average Bonchev–Trinajstić information content (AvgIpc) is 3.55. The van der Waals surface area contributed by atoms with Crippen LogP contribution in [0, 0.1) is 41.4 Å². The van der Waals surface area contributed by atoms with Crippen molar-refractivity contribution in [2.75, 3.05) is 20.3 Å². The van der Waals surface area contributed by atoms with Gasteiger partial charge in [-0.1, -0.05) is 65.7 Å². The normalized spacial score (nSPS) is 38.3. The first-order valence-corrected chi connectivity index (χ1v) is 16.4. The molecule has 44 heavy (non-hydrogen) atoms. The maximum atomic E-state index is 12.3. The second-order valence-corrected chi connectivity index (χ2v) is 13.8. The van der Waals surface area contributed by atoms with Crippen LogP contribution in [0.25, 0.3) is 0 Å². The van der Waals surface area contributed by atoms with Crippen LogP contribution in [0.2, 0.25) is 0 Å². The molecule has 12 atom stereocenters. The number of esters is 1. The molecule has 9 heteroatoms. The van der Waals surface area contributed by atoms with Gasteiger partial charge in [-0.05, 0) is 67.8 Å². The van der Waals surface area contributed by atoms with Gasteiger partial charge in [-0.3, -0.25) is 4.79 Å². The molecule has 1 aliphatic carbocycles. The van der Waals surface area contributed by atoms with E-state index in [2.05, 4.69) is 52.8 Å². The number of methoxy groups -OCH3 is 1. The van der Waals surface area contributed by atoms with Crippen molar-refractivity contribution in [1.29, 1.82) is 0 Å². The van der Waals surface area contributed by atoms with Crippen LogP contribution in [0.1, 0.15) is 80.1 Å². The molecule has 242 valence electrons. The summed E-state index contributed by atoms with van der Waals surface area (Å²) in [5, 5.41) is 21.6. The molecular weight excluding hydrogens is 571 g/mol. The minimum atomic E-state index is -0.739. The summed E-state index contributed by atoms with van der Waals surface area (Å²) >= 11 is 0. The first-order valence-electron chi connectivity index (χ1n) is 16.4. The third kappa shape index (κ3) is 8.47. The maximum Gasteiger partial charge on any atom is 1.00 e. The monoisotopic (exact) mass is 625 g/mol. The molecule has 0 aromatic heterocycles. The molecule has 3 aliphatic heterocycles. The summed E-state index contributed by atoms with van der Waals surface area (Å²) in [4.78, 5) is 24.4. The summed E-state index contributed by atoms with van der Waals surface area (Å²) in [6.45, 7) is 12.3. The van der Waals surface area contributed by atoms with Crippen molar-refractivity contribution in [1.82, 2.24) is 0 Å². The molecule has 4 fully saturated rings. The summed E-state index contributed by atoms with van der Waals surface area (Å²) in [5.74, 6) is -0.447. The number of ketones is 1. The number of carbonyl (C=O) groups is 2. The minimum Gasteiger partial charge on any atom is -0.511 e. The van der Waals surface area contributed by atoms with E-state index in [0.717, 1.165) is 44.1 Å². The van der Waals surface area contributed by atoms with E-state index >= 15 is 0 Å². The van der Waals surface area contributed by atoms with Crippen molar-refractivity contribution in [3.05, 3.63) is 35.1 Å². The van der Waals surface area contributed by atoms with Gasteiger partial charge in [0.25, 0.3) is 0 Å². The SMILES string of the molecule is CO[C@@H](C)[C@H]1C[C@H](C)[C@H]([C@@H](C)/C=C/C2CC[C@@H](C)[C@H](/C(=C/[C@H]3CCC[C@@H](C)[C@@H]3[C@H](C)/C(O)=C3\C(=O)COC3=O)CO)O2)O1.[Na+]. The van der Waals surface area contributed by atoms with Crippen LogP contribution < -0.4 is 29.6 Å². The molecule has 0 amide bonds. The molecule has 0 spiro atoms. The van der Waals surface area contributed by atoms with E-state index in [-0.39, 0.29) is 114 Å². The average molecular weight is 626 g/mol. The number of allylic oxidation sites excluding steroid dienone is 2. The van der Waals surface area contributed by atoms with Gasteiger partial charge in [0, 0.05) is 18.9 Å². The van der Waals surface area contributed by atoms with E-state index in [1.54, 1.807) is 7.11 Å². The zero-order chi connectivity index (χ0) is 31.4. The van der Waals surface area contributed by atoms with Gasteiger partial charge in [0.15, 0.2) is 6.61 Å². The number of rotatable bonds is 10. The molecule has 3 heterocycles.